The molecule has 1 saturated heterocycles. The minimum atomic E-state index is -0.0581. The van der Waals surface area contributed by atoms with E-state index in [2.05, 4.69) is 16.4 Å². The SMILES string of the molecule is Cn1cnc2cc(-c3sc(C(=O)N4CCCNC4)nc3-c3ccc(C#N)cc3)ccc21. The zero-order valence-corrected chi connectivity index (χ0v) is 17.8. The quantitative estimate of drug-likeness (QED) is 0.538. The standard InChI is InChI=1S/C23H20N6OS/c1-28-14-26-18-11-17(7-8-19(18)28)21-20(16-5-3-15(12-24)4-6-16)27-22(31-21)23(30)29-10-2-9-25-13-29/h3-8,11,14,25H,2,9-10,13H2,1H3. The molecule has 8 heteroatoms. The molecule has 0 bridgehead atoms. The number of carbonyl (C=O) groups is 1. The van der Waals surface area contributed by atoms with Crippen molar-refractivity contribution in [2.45, 2.75) is 6.42 Å². The summed E-state index contributed by atoms with van der Waals surface area (Å²) in [4.78, 5) is 25.1. The number of rotatable bonds is 3. The maximum Gasteiger partial charge on any atom is 0.283 e. The second-order valence-electron chi connectivity index (χ2n) is 7.53. The normalized spacial score (nSPS) is 14.0. The molecule has 1 fully saturated rings. The maximum atomic E-state index is 13.1. The molecule has 2 aromatic heterocycles. The summed E-state index contributed by atoms with van der Waals surface area (Å²) in [7, 11) is 1.97. The lowest BCUT2D eigenvalue weighted by atomic mass is 10.0. The average molecular weight is 429 g/mol. The van der Waals surface area contributed by atoms with Crippen LogP contribution in [0.15, 0.2) is 48.8 Å². The minimum absolute atomic E-state index is 0.0581. The third-order valence-electron chi connectivity index (χ3n) is 5.46. The summed E-state index contributed by atoms with van der Waals surface area (Å²) in [5, 5.41) is 12.8. The average Bonchev–Trinajstić information content (AvgIpc) is 3.43. The van der Waals surface area contributed by atoms with Crippen LogP contribution in [0.1, 0.15) is 21.8 Å². The molecule has 0 aliphatic carbocycles. The summed E-state index contributed by atoms with van der Waals surface area (Å²) in [5.74, 6) is -0.0581. The molecule has 0 saturated carbocycles. The van der Waals surface area contributed by atoms with Crippen LogP contribution in [0.4, 0.5) is 0 Å². The number of imidazole rings is 1. The Hall–Kier alpha value is -3.54. The zero-order chi connectivity index (χ0) is 21.4. The van der Waals surface area contributed by atoms with Gasteiger partial charge in [0.1, 0.15) is 0 Å². The van der Waals surface area contributed by atoms with Gasteiger partial charge in [0.05, 0.1) is 46.2 Å². The van der Waals surface area contributed by atoms with Crippen LogP contribution >= 0.6 is 11.3 Å². The summed E-state index contributed by atoms with van der Waals surface area (Å²) >= 11 is 1.40. The van der Waals surface area contributed by atoms with Gasteiger partial charge >= 0.3 is 0 Å². The Bertz CT molecular complexity index is 1310. The second kappa shape index (κ2) is 7.95. The zero-order valence-electron chi connectivity index (χ0n) is 17.0. The van der Waals surface area contributed by atoms with E-state index in [0.29, 0.717) is 17.2 Å². The van der Waals surface area contributed by atoms with Crippen molar-refractivity contribution in [2.75, 3.05) is 19.8 Å². The van der Waals surface area contributed by atoms with Gasteiger partial charge in [0.2, 0.25) is 0 Å². The number of nitrogens with zero attached hydrogens (tertiary/aromatic N) is 5. The topological polar surface area (TPSA) is 86.8 Å². The van der Waals surface area contributed by atoms with Gasteiger partial charge in [0, 0.05) is 19.2 Å². The number of aryl methyl sites for hydroxylation is 1. The molecule has 4 aromatic rings. The summed E-state index contributed by atoms with van der Waals surface area (Å²) in [6.07, 6.45) is 2.73. The highest BCUT2D eigenvalue weighted by Crippen LogP contribution is 2.38. The Balaban J connectivity index is 1.62. The number of hydrogen-bond donors (Lipinski definition) is 1. The number of thiazole rings is 1. The third kappa shape index (κ3) is 3.58. The summed E-state index contributed by atoms with van der Waals surface area (Å²) in [6.45, 7) is 2.19. The van der Waals surface area contributed by atoms with Crippen molar-refractivity contribution in [3.63, 3.8) is 0 Å². The molecule has 5 rings (SSSR count). The van der Waals surface area contributed by atoms with Crippen LogP contribution in [0.5, 0.6) is 0 Å². The van der Waals surface area contributed by atoms with E-state index >= 15 is 0 Å². The molecule has 1 aliphatic heterocycles. The van der Waals surface area contributed by atoms with Crippen molar-refractivity contribution in [3.05, 3.63) is 59.4 Å². The van der Waals surface area contributed by atoms with Gasteiger partial charge in [-0.05, 0) is 42.8 Å². The monoisotopic (exact) mass is 428 g/mol. The predicted octanol–water partition coefficient (Wildman–Crippen LogP) is 3.63. The third-order valence-corrected chi connectivity index (χ3v) is 6.55. The molecule has 1 amide bonds. The number of benzene rings is 2. The number of carbonyl (C=O) groups excluding carboxylic acids is 1. The Morgan fingerprint density at radius 1 is 1.19 bits per heavy atom. The van der Waals surface area contributed by atoms with Crippen LogP contribution in [-0.2, 0) is 7.05 Å². The highest BCUT2D eigenvalue weighted by Gasteiger charge is 2.24. The Morgan fingerprint density at radius 3 is 2.74 bits per heavy atom. The maximum absolute atomic E-state index is 13.1. The van der Waals surface area contributed by atoms with E-state index < -0.39 is 0 Å². The van der Waals surface area contributed by atoms with Gasteiger partial charge in [-0.25, -0.2) is 9.97 Å². The molecule has 31 heavy (non-hydrogen) atoms. The van der Waals surface area contributed by atoms with Crippen molar-refractivity contribution >= 4 is 28.3 Å². The minimum Gasteiger partial charge on any atom is -0.334 e. The predicted molar refractivity (Wildman–Crippen MR) is 120 cm³/mol. The van der Waals surface area contributed by atoms with Gasteiger partial charge in [-0.2, -0.15) is 5.26 Å². The van der Waals surface area contributed by atoms with Gasteiger partial charge in [-0.1, -0.05) is 18.2 Å². The Labute approximate surface area is 183 Å². The molecule has 0 atom stereocenters. The molecule has 0 radical (unpaired) electrons. The van der Waals surface area contributed by atoms with Crippen LogP contribution in [0, 0.1) is 11.3 Å². The Morgan fingerprint density at radius 2 is 2.00 bits per heavy atom. The molecular formula is C23H20N6OS. The van der Waals surface area contributed by atoms with E-state index in [1.807, 2.05) is 41.9 Å². The van der Waals surface area contributed by atoms with E-state index in [9.17, 15) is 4.79 Å². The fourth-order valence-corrected chi connectivity index (χ4v) is 4.83. The van der Waals surface area contributed by atoms with Crippen LogP contribution < -0.4 is 5.32 Å². The first-order chi connectivity index (χ1) is 15.1. The smallest absolute Gasteiger partial charge is 0.283 e. The van der Waals surface area contributed by atoms with Gasteiger partial charge in [-0.3, -0.25) is 10.1 Å². The number of nitrogens with one attached hydrogen (secondary N) is 1. The molecule has 154 valence electrons. The second-order valence-corrected chi connectivity index (χ2v) is 8.52. The van der Waals surface area contributed by atoms with E-state index in [4.69, 9.17) is 10.2 Å². The van der Waals surface area contributed by atoms with Crippen LogP contribution in [0.3, 0.4) is 0 Å². The first kappa shape index (κ1) is 19.4. The van der Waals surface area contributed by atoms with E-state index in [0.717, 1.165) is 52.2 Å². The summed E-state index contributed by atoms with van der Waals surface area (Å²) in [6, 6.07) is 15.6. The number of amides is 1. The molecule has 1 aliphatic rings. The van der Waals surface area contributed by atoms with Crippen molar-refractivity contribution in [3.8, 4) is 27.8 Å². The number of nitriles is 1. The Kier molecular flexibility index (Phi) is 4.98. The largest absolute Gasteiger partial charge is 0.334 e. The number of hydrogen-bond acceptors (Lipinski definition) is 6. The molecular weight excluding hydrogens is 408 g/mol. The lowest BCUT2D eigenvalue weighted by molar-refractivity contribution is 0.0711. The van der Waals surface area contributed by atoms with Crippen molar-refractivity contribution in [1.82, 2.24) is 24.8 Å². The first-order valence-corrected chi connectivity index (χ1v) is 10.9. The summed E-state index contributed by atoms with van der Waals surface area (Å²) < 4.78 is 1.98. The fraction of sp³-hybridized carbons (Fsp3) is 0.217. The summed E-state index contributed by atoms with van der Waals surface area (Å²) in [5.41, 5.74) is 5.13. The van der Waals surface area contributed by atoms with Crippen molar-refractivity contribution in [2.24, 2.45) is 7.05 Å². The molecule has 3 heterocycles. The number of fused-ring (bicyclic) bond motifs is 1. The van der Waals surface area contributed by atoms with Crippen LogP contribution in [0.25, 0.3) is 32.7 Å². The van der Waals surface area contributed by atoms with E-state index in [1.54, 1.807) is 23.4 Å². The lowest BCUT2D eigenvalue weighted by Gasteiger charge is -2.26. The van der Waals surface area contributed by atoms with Gasteiger partial charge in [0.15, 0.2) is 5.01 Å². The molecule has 7 nitrogen and oxygen atoms in total. The van der Waals surface area contributed by atoms with E-state index in [-0.39, 0.29) is 5.91 Å². The van der Waals surface area contributed by atoms with Crippen molar-refractivity contribution < 1.29 is 4.79 Å². The molecule has 0 spiro atoms. The van der Waals surface area contributed by atoms with Crippen LogP contribution in [0.2, 0.25) is 0 Å². The first-order valence-electron chi connectivity index (χ1n) is 10.1. The number of aromatic nitrogens is 3. The van der Waals surface area contributed by atoms with Crippen molar-refractivity contribution in [1.29, 1.82) is 5.26 Å². The van der Waals surface area contributed by atoms with Crippen LogP contribution in [-0.4, -0.2) is 45.1 Å². The van der Waals surface area contributed by atoms with Gasteiger partial charge in [0.25, 0.3) is 5.91 Å². The highest BCUT2D eigenvalue weighted by atomic mass is 32.1. The molecule has 1 N–H and O–H groups in total. The fourth-order valence-electron chi connectivity index (χ4n) is 3.78. The van der Waals surface area contributed by atoms with Gasteiger partial charge < -0.3 is 9.47 Å². The highest BCUT2D eigenvalue weighted by molar-refractivity contribution is 7.17. The molecule has 0 unspecified atom stereocenters. The van der Waals surface area contributed by atoms with Gasteiger partial charge in [-0.15, -0.1) is 11.3 Å². The van der Waals surface area contributed by atoms with E-state index in [1.165, 1.54) is 11.3 Å². The molecule has 2 aromatic carbocycles. The lowest BCUT2D eigenvalue weighted by Crippen LogP contribution is -2.44.